The number of nitrogens with one attached hydrogen (secondary N) is 1. The summed E-state index contributed by atoms with van der Waals surface area (Å²) in [6, 6.07) is 10.2. The van der Waals surface area contributed by atoms with Gasteiger partial charge in [0.1, 0.15) is 29.5 Å². The van der Waals surface area contributed by atoms with E-state index >= 15 is 4.39 Å². The van der Waals surface area contributed by atoms with E-state index in [9.17, 15) is 9.50 Å². The number of ether oxygens (including phenoxy) is 1. The van der Waals surface area contributed by atoms with Crippen LogP contribution in [-0.4, -0.2) is 71.4 Å². The summed E-state index contributed by atoms with van der Waals surface area (Å²) in [5, 5.41) is 15.6. The van der Waals surface area contributed by atoms with Gasteiger partial charge in [0.15, 0.2) is 5.82 Å². The zero-order valence-electron chi connectivity index (χ0n) is 22.8. The van der Waals surface area contributed by atoms with Gasteiger partial charge < -0.3 is 25.0 Å². The number of halogens is 2. The van der Waals surface area contributed by atoms with Crippen LogP contribution in [0.4, 0.5) is 14.6 Å². The number of hydrogen-bond donors (Lipinski definition) is 2. The van der Waals surface area contributed by atoms with Crippen LogP contribution in [0.25, 0.3) is 32.8 Å². The molecule has 2 bridgehead atoms. The standard InChI is InChI=1S/C32H31F2N5O2/c1-3-23-27(33)11-6-18-13-22(40)14-26(28(18)23)24-9-10-25-30(29(24)34)36-32(41-17-21-5-4-12-38(21)2)37-31(25)39-15-19-7-8-20(16-39)35-19/h1,6,9-11,13-14,19-21,35,40H,4-5,7-8,12,15-17H2,2H3/t19?,20?,21-/m0/s1. The molecular formula is C32H31F2N5O2. The molecule has 0 amide bonds. The molecule has 2 N–H and O–H groups in total. The summed E-state index contributed by atoms with van der Waals surface area (Å²) in [5.74, 6) is 1.78. The monoisotopic (exact) mass is 555 g/mol. The minimum Gasteiger partial charge on any atom is -0.508 e. The molecule has 3 aliphatic heterocycles. The van der Waals surface area contributed by atoms with Crippen LogP contribution in [0.3, 0.4) is 0 Å². The van der Waals surface area contributed by atoms with Crippen molar-refractivity contribution < 1.29 is 18.6 Å². The number of hydrogen-bond acceptors (Lipinski definition) is 7. The number of likely N-dealkylation sites (N-methyl/N-ethyl adjacent to an activating group) is 1. The Balaban J connectivity index is 1.39. The highest BCUT2D eigenvalue weighted by Crippen LogP contribution is 2.40. The Labute approximate surface area is 237 Å². The van der Waals surface area contributed by atoms with Gasteiger partial charge in [-0.15, -0.1) is 6.42 Å². The van der Waals surface area contributed by atoms with E-state index in [4.69, 9.17) is 16.1 Å². The first-order chi connectivity index (χ1) is 19.9. The van der Waals surface area contributed by atoms with Gasteiger partial charge in [0, 0.05) is 47.6 Å². The fraction of sp³-hybridized carbons (Fsp3) is 0.375. The van der Waals surface area contributed by atoms with Crippen molar-refractivity contribution in [3.63, 3.8) is 0 Å². The van der Waals surface area contributed by atoms with E-state index < -0.39 is 11.6 Å². The topological polar surface area (TPSA) is 73.8 Å². The Bertz CT molecular complexity index is 1710. The largest absolute Gasteiger partial charge is 0.508 e. The third kappa shape index (κ3) is 4.52. The minimum absolute atomic E-state index is 0.0152. The Morgan fingerprint density at radius 1 is 1.07 bits per heavy atom. The van der Waals surface area contributed by atoms with E-state index in [0.29, 0.717) is 46.2 Å². The van der Waals surface area contributed by atoms with E-state index in [0.717, 1.165) is 45.3 Å². The molecule has 41 heavy (non-hydrogen) atoms. The number of aromatic nitrogens is 2. The number of phenolic OH excluding ortho intramolecular Hbond substituents is 1. The maximum atomic E-state index is 16.6. The third-order valence-corrected chi connectivity index (χ3v) is 8.84. The van der Waals surface area contributed by atoms with Crippen molar-refractivity contribution in [3.05, 3.63) is 53.6 Å². The zero-order chi connectivity index (χ0) is 28.2. The van der Waals surface area contributed by atoms with Crippen molar-refractivity contribution >= 4 is 27.5 Å². The molecule has 7 rings (SSSR count). The fourth-order valence-corrected chi connectivity index (χ4v) is 6.75. The number of anilines is 1. The van der Waals surface area contributed by atoms with Crippen LogP contribution in [-0.2, 0) is 0 Å². The molecule has 3 fully saturated rings. The molecule has 1 aromatic heterocycles. The Kier molecular flexibility index (Phi) is 6.40. The maximum absolute atomic E-state index is 16.6. The van der Waals surface area contributed by atoms with E-state index in [-0.39, 0.29) is 34.4 Å². The van der Waals surface area contributed by atoms with E-state index in [1.807, 2.05) is 0 Å². The number of benzene rings is 3. The molecule has 2 unspecified atom stereocenters. The summed E-state index contributed by atoms with van der Waals surface area (Å²) in [6.07, 6.45) is 10.00. The van der Waals surface area contributed by atoms with E-state index in [1.54, 1.807) is 12.1 Å². The highest BCUT2D eigenvalue weighted by molar-refractivity contribution is 6.04. The number of likely N-dealkylation sites (tertiary alicyclic amines) is 1. The van der Waals surface area contributed by atoms with Crippen molar-refractivity contribution in [2.45, 2.75) is 43.8 Å². The molecule has 0 saturated carbocycles. The number of terminal acetylenes is 1. The van der Waals surface area contributed by atoms with E-state index in [1.165, 1.54) is 24.3 Å². The molecule has 9 heteroatoms. The second kappa shape index (κ2) is 10.1. The molecule has 4 aromatic rings. The molecule has 210 valence electrons. The quantitative estimate of drug-likeness (QED) is 0.342. The van der Waals surface area contributed by atoms with Gasteiger partial charge in [0.2, 0.25) is 0 Å². The van der Waals surface area contributed by atoms with Crippen LogP contribution in [0.15, 0.2) is 36.4 Å². The van der Waals surface area contributed by atoms with Crippen LogP contribution in [0.1, 0.15) is 31.2 Å². The molecule has 7 nitrogen and oxygen atoms in total. The van der Waals surface area contributed by atoms with Gasteiger partial charge in [0.05, 0.1) is 5.56 Å². The van der Waals surface area contributed by atoms with Gasteiger partial charge >= 0.3 is 6.01 Å². The van der Waals surface area contributed by atoms with Crippen LogP contribution in [0.2, 0.25) is 0 Å². The van der Waals surface area contributed by atoms with Gasteiger partial charge in [-0.25, -0.2) is 8.78 Å². The number of aromatic hydroxyl groups is 1. The SMILES string of the molecule is C#Cc1c(F)ccc2cc(O)cc(-c3ccc4c(N5CC6CCC(C5)N6)nc(OC[C@@H]5CCCN5C)nc4c3F)c12. The lowest BCUT2D eigenvalue weighted by Crippen LogP contribution is -2.51. The van der Waals surface area contributed by atoms with Crippen LogP contribution >= 0.6 is 0 Å². The molecule has 3 aromatic carbocycles. The number of nitrogens with zero attached hydrogens (tertiary/aromatic N) is 4. The molecule has 4 heterocycles. The summed E-state index contributed by atoms with van der Waals surface area (Å²) >= 11 is 0. The maximum Gasteiger partial charge on any atom is 0.319 e. The highest BCUT2D eigenvalue weighted by atomic mass is 19.1. The van der Waals surface area contributed by atoms with Crippen LogP contribution in [0, 0.1) is 24.0 Å². The van der Waals surface area contributed by atoms with Crippen molar-refractivity contribution in [3.8, 4) is 35.2 Å². The van der Waals surface area contributed by atoms with Crippen molar-refractivity contribution in [1.82, 2.24) is 20.2 Å². The minimum atomic E-state index is -0.605. The summed E-state index contributed by atoms with van der Waals surface area (Å²) in [4.78, 5) is 13.8. The number of phenols is 1. The average molecular weight is 556 g/mol. The third-order valence-electron chi connectivity index (χ3n) is 8.84. The summed E-state index contributed by atoms with van der Waals surface area (Å²) in [7, 11) is 2.07. The molecule has 0 radical (unpaired) electrons. The molecule has 3 aliphatic rings. The van der Waals surface area contributed by atoms with Crippen LogP contribution in [0.5, 0.6) is 11.8 Å². The predicted molar refractivity (Wildman–Crippen MR) is 155 cm³/mol. The second-order valence-corrected chi connectivity index (χ2v) is 11.4. The van der Waals surface area contributed by atoms with Gasteiger partial charge in [-0.1, -0.05) is 18.1 Å². The van der Waals surface area contributed by atoms with Gasteiger partial charge in [-0.3, -0.25) is 0 Å². The molecule has 0 aliphatic carbocycles. The second-order valence-electron chi connectivity index (χ2n) is 11.4. The number of fused-ring (bicyclic) bond motifs is 4. The average Bonchev–Trinajstić information content (AvgIpc) is 3.54. The van der Waals surface area contributed by atoms with Crippen molar-refractivity contribution in [1.29, 1.82) is 0 Å². The van der Waals surface area contributed by atoms with Gasteiger partial charge in [-0.05, 0) is 74.5 Å². The lowest BCUT2D eigenvalue weighted by Gasteiger charge is -2.34. The Morgan fingerprint density at radius 2 is 1.88 bits per heavy atom. The zero-order valence-corrected chi connectivity index (χ0v) is 22.8. The van der Waals surface area contributed by atoms with Crippen LogP contribution < -0.4 is 15.0 Å². The molecule has 0 spiro atoms. The highest BCUT2D eigenvalue weighted by Gasteiger charge is 2.34. The summed E-state index contributed by atoms with van der Waals surface area (Å²) in [5.41, 5.74) is 0.582. The first-order valence-corrected chi connectivity index (χ1v) is 14.2. The number of rotatable bonds is 5. The summed E-state index contributed by atoms with van der Waals surface area (Å²) < 4.78 is 37.5. The summed E-state index contributed by atoms with van der Waals surface area (Å²) in [6.45, 7) is 2.95. The predicted octanol–water partition coefficient (Wildman–Crippen LogP) is 4.83. The first-order valence-electron chi connectivity index (χ1n) is 14.2. The van der Waals surface area contributed by atoms with Gasteiger partial charge in [0.25, 0.3) is 0 Å². The smallest absolute Gasteiger partial charge is 0.319 e. The molecule has 3 saturated heterocycles. The number of piperazine rings is 1. The lowest BCUT2D eigenvalue weighted by molar-refractivity contribution is 0.188. The van der Waals surface area contributed by atoms with Crippen molar-refractivity contribution in [2.24, 2.45) is 0 Å². The first kappa shape index (κ1) is 25.9. The normalized spacial score (nSPS) is 22.5. The lowest BCUT2D eigenvalue weighted by atomic mass is 9.93. The molecule has 3 atom stereocenters. The molecular weight excluding hydrogens is 524 g/mol. The van der Waals surface area contributed by atoms with Gasteiger partial charge in [-0.2, -0.15) is 9.97 Å². The Hall–Kier alpha value is -4.00. The van der Waals surface area contributed by atoms with Crippen molar-refractivity contribution in [2.75, 3.05) is 38.2 Å². The Morgan fingerprint density at radius 3 is 2.61 bits per heavy atom. The van der Waals surface area contributed by atoms with E-state index in [2.05, 4.69) is 33.1 Å². The fourth-order valence-electron chi connectivity index (χ4n) is 6.75.